The Morgan fingerprint density at radius 3 is 2.15 bits per heavy atom. The molecule has 13 nitrogen and oxygen atoms in total. The zero-order valence-corrected chi connectivity index (χ0v) is 36.1. The highest BCUT2D eigenvalue weighted by atomic mass is 19.1. The molecule has 326 valence electrons. The Balaban J connectivity index is 0.959. The van der Waals surface area contributed by atoms with Gasteiger partial charge in [-0.1, -0.05) is 20.8 Å². The summed E-state index contributed by atoms with van der Waals surface area (Å²) < 4.78 is 31.3. The average molecular weight is 839 g/mol. The summed E-state index contributed by atoms with van der Waals surface area (Å²) in [6.07, 6.45) is 6.82. The molecular weight excluding hydrogens is 780 g/mol. The van der Waals surface area contributed by atoms with Gasteiger partial charge in [-0.2, -0.15) is 0 Å². The molecule has 2 heterocycles. The Hall–Kier alpha value is -5.76. The fraction of sp³-hybridized carbons (Fsp3) is 0.468. The number of nitrogens with one attached hydrogen (secondary N) is 3. The molecule has 4 amide bonds. The van der Waals surface area contributed by atoms with Crippen LogP contribution in [0.5, 0.6) is 17.2 Å². The van der Waals surface area contributed by atoms with Crippen LogP contribution >= 0.6 is 0 Å². The number of carbonyl (C=O) groups excluding carboxylic acids is 4. The topological polar surface area (TPSA) is 151 Å². The zero-order valence-electron chi connectivity index (χ0n) is 36.1. The minimum Gasteiger partial charge on any atom is -0.495 e. The van der Waals surface area contributed by atoms with Gasteiger partial charge in [-0.15, -0.1) is 0 Å². The lowest BCUT2D eigenvalue weighted by molar-refractivity contribution is -0.138. The highest BCUT2D eigenvalue weighted by Crippen LogP contribution is 2.48. The van der Waals surface area contributed by atoms with Gasteiger partial charge in [0.15, 0.2) is 0 Å². The number of pyridine rings is 1. The first-order valence-electron chi connectivity index (χ1n) is 21.2. The van der Waals surface area contributed by atoms with E-state index in [-0.39, 0.29) is 18.2 Å². The summed E-state index contributed by atoms with van der Waals surface area (Å²) in [6, 6.07) is 17.6. The molecule has 2 fully saturated rings. The molecule has 2 aliphatic rings. The lowest BCUT2D eigenvalue weighted by Crippen LogP contribution is -2.54. The molecule has 0 spiro atoms. The lowest BCUT2D eigenvalue weighted by atomic mass is 9.85. The van der Waals surface area contributed by atoms with E-state index in [0.717, 1.165) is 61.1 Å². The van der Waals surface area contributed by atoms with Gasteiger partial charge in [0.25, 0.3) is 0 Å². The van der Waals surface area contributed by atoms with Crippen molar-refractivity contribution < 1.29 is 37.8 Å². The van der Waals surface area contributed by atoms with Gasteiger partial charge in [0, 0.05) is 62.7 Å². The van der Waals surface area contributed by atoms with Crippen molar-refractivity contribution in [1.29, 1.82) is 0 Å². The second-order valence-electron chi connectivity index (χ2n) is 17.1. The highest BCUT2D eigenvalue weighted by molar-refractivity contribution is 6.17. The largest absolute Gasteiger partial charge is 0.495 e. The number of hydrogen-bond acceptors (Lipinski definition) is 9. The molecule has 3 N–H and O–H groups in total. The van der Waals surface area contributed by atoms with Gasteiger partial charge in [0.2, 0.25) is 23.6 Å². The Labute approximate surface area is 357 Å². The molecule has 61 heavy (non-hydrogen) atoms. The number of ether oxygens (including phenoxy) is 3. The minimum atomic E-state index is -1.17. The first-order chi connectivity index (χ1) is 29.2. The van der Waals surface area contributed by atoms with E-state index in [1.54, 1.807) is 55.6 Å². The van der Waals surface area contributed by atoms with Gasteiger partial charge in [-0.3, -0.25) is 24.2 Å². The quantitative estimate of drug-likeness (QED) is 0.0670. The van der Waals surface area contributed by atoms with Crippen LogP contribution in [0, 0.1) is 22.6 Å². The summed E-state index contributed by atoms with van der Waals surface area (Å²) in [5.41, 5.74) is 1.14. The van der Waals surface area contributed by atoms with Crippen molar-refractivity contribution in [3.8, 4) is 17.2 Å². The predicted octanol–water partition coefficient (Wildman–Crippen LogP) is 7.94. The second-order valence-corrected chi connectivity index (χ2v) is 17.1. The Morgan fingerprint density at radius 2 is 1.56 bits per heavy atom. The second kappa shape index (κ2) is 19.7. The first kappa shape index (κ1) is 44.8. The van der Waals surface area contributed by atoms with E-state index in [4.69, 9.17) is 14.2 Å². The molecule has 1 atom stereocenters. The number of piperidine rings is 1. The van der Waals surface area contributed by atoms with Crippen LogP contribution in [-0.2, 0) is 23.9 Å². The highest BCUT2D eigenvalue weighted by Gasteiger charge is 2.56. The maximum absolute atomic E-state index is 13.3. The van der Waals surface area contributed by atoms with Gasteiger partial charge in [-0.05, 0) is 124 Å². The zero-order chi connectivity index (χ0) is 43.7. The fourth-order valence-corrected chi connectivity index (χ4v) is 7.55. The summed E-state index contributed by atoms with van der Waals surface area (Å²) in [5.74, 6) is 0.976. The number of benzene rings is 3. The van der Waals surface area contributed by atoms with Gasteiger partial charge in [0.05, 0.1) is 24.9 Å². The number of fused-ring (bicyclic) bond motifs is 1. The van der Waals surface area contributed by atoms with Crippen LogP contribution in [0.4, 0.5) is 21.5 Å². The number of amides is 4. The number of hydrogen-bond donors (Lipinski definition) is 3. The molecule has 6 rings (SSSR count). The van der Waals surface area contributed by atoms with Crippen molar-refractivity contribution in [2.24, 2.45) is 16.7 Å². The molecule has 4 aromatic rings. The molecule has 0 unspecified atom stereocenters. The number of halogens is 1. The summed E-state index contributed by atoms with van der Waals surface area (Å²) in [4.78, 5) is 60.2. The van der Waals surface area contributed by atoms with E-state index in [1.807, 2.05) is 39.8 Å². The van der Waals surface area contributed by atoms with E-state index < -0.39 is 34.5 Å². The number of likely N-dealkylation sites (N-methyl/N-ethyl adjacent to an activating group) is 1. The number of nitrogens with zero attached hydrogens (tertiary/aromatic N) is 3. The third-order valence-electron chi connectivity index (χ3n) is 11.7. The van der Waals surface area contributed by atoms with E-state index in [0.29, 0.717) is 61.4 Å². The molecule has 1 saturated carbocycles. The molecule has 1 aliphatic heterocycles. The van der Waals surface area contributed by atoms with Crippen molar-refractivity contribution >= 4 is 51.6 Å². The van der Waals surface area contributed by atoms with E-state index in [2.05, 4.69) is 25.8 Å². The summed E-state index contributed by atoms with van der Waals surface area (Å²) >= 11 is 0. The molecular formula is C47H59FN6O7. The molecule has 0 radical (unpaired) electrons. The molecule has 14 heteroatoms. The maximum atomic E-state index is 13.3. The van der Waals surface area contributed by atoms with Crippen molar-refractivity contribution in [2.75, 3.05) is 62.5 Å². The molecule has 1 aromatic heterocycles. The summed E-state index contributed by atoms with van der Waals surface area (Å²) in [7, 11) is 3.41. The average Bonchev–Trinajstić information content (AvgIpc) is 4.07. The third kappa shape index (κ3) is 11.3. The number of aromatic nitrogens is 1. The fourth-order valence-electron chi connectivity index (χ4n) is 7.55. The Morgan fingerprint density at radius 1 is 0.918 bits per heavy atom. The van der Waals surface area contributed by atoms with Crippen molar-refractivity contribution in [3.63, 3.8) is 0 Å². The van der Waals surface area contributed by atoms with Crippen LogP contribution < -0.4 is 30.3 Å². The van der Waals surface area contributed by atoms with Crippen LogP contribution in [0.2, 0.25) is 0 Å². The minimum absolute atomic E-state index is 0.0873. The van der Waals surface area contributed by atoms with Crippen molar-refractivity contribution in [2.45, 2.75) is 78.7 Å². The molecule has 0 bridgehead atoms. The Bertz CT molecular complexity index is 2160. The van der Waals surface area contributed by atoms with E-state index >= 15 is 0 Å². The van der Waals surface area contributed by atoms with Crippen molar-refractivity contribution in [3.05, 3.63) is 78.7 Å². The number of methoxy groups -OCH3 is 1. The van der Waals surface area contributed by atoms with Crippen LogP contribution in [-0.4, -0.2) is 86.6 Å². The third-order valence-corrected chi connectivity index (χ3v) is 11.7. The molecule has 3 aromatic carbocycles. The van der Waals surface area contributed by atoms with Crippen LogP contribution in [0.15, 0.2) is 72.9 Å². The van der Waals surface area contributed by atoms with Gasteiger partial charge >= 0.3 is 0 Å². The smallest absolute Gasteiger partial charge is 0.245 e. The van der Waals surface area contributed by atoms with Crippen LogP contribution in [0.25, 0.3) is 10.9 Å². The van der Waals surface area contributed by atoms with Crippen LogP contribution in [0.1, 0.15) is 72.6 Å². The summed E-state index contributed by atoms with van der Waals surface area (Å²) in [5, 5.41) is 9.30. The standard InChI is InChI=1S/C47H59FN6O7/c1-7-53(5)43(56)42(46(2,3)4)52-41(55)21-28-60-27-8-9-31-19-25-54(26-20-31)38-30-37-36(29-40(38)59-6)39(18-24-49-37)61-35-16-14-34(15-17-35)51-45(58)47(22-23-47)44(57)50-33-12-10-32(48)11-13-33/h10-18,24,29-31,42H,7-9,19-23,25-28H2,1-6H3,(H,50,57)(H,51,58)(H,52,55)/t42-/m1/s1. The SMILES string of the molecule is CCN(C)C(=O)[C@@H](NC(=O)CCOCCCC1CCN(c2cc3nccc(Oc4ccc(NC(=O)C5(C(=O)Nc6ccc(F)cc6)CC5)cc4)c3cc2OC)CC1)C(C)(C)C. The normalized spacial score (nSPS) is 15.4. The summed E-state index contributed by atoms with van der Waals surface area (Å²) in [6.45, 7) is 11.0. The van der Waals surface area contributed by atoms with E-state index in [1.165, 1.54) is 24.3 Å². The maximum Gasteiger partial charge on any atom is 0.245 e. The number of carbonyl (C=O) groups is 4. The van der Waals surface area contributed by atoms with E-state index in [9.17, 15) is 23.6 Å². The van der Waals surface area contributed by atoms with Gasteiger partial charge < -0.3 is 40.0 Å². The first-order valence-corrected chi connectivity index (χ1v) is 21.2. The van der Waals surface area contributed by atoms with Crippen LogP contribution in [0.3, 0.4) is 0 Å². The molecule has 1 saturated heterocycles. The van der Waals surface area contributed by atoms with Gasteiger partial charge in [0.1, 0.15) is 34.5 Å². The lowest BCUT2D eigenvalue weighted by Gasteiger charge is -2.34. The Kier molecular flexibility index (Phi) is 14.5. The van der Waals surface area contributed by atoms with Crippen molar-refractivity contribution in [1.82, 2.24) is 15.2 Å². The molecule has 1 aliphatic carbocycles. The van der Waals surface area contributed by atoms with Gasteiger partial charge in [-0.25, -0.2) is 4.39 Å². The monoisotopic (exact) mass is 838 g/mol. The predicted molar refractivity (Wildman–Crippen MR) is 234 cm³/mol. The number of rotatable bonds is 18. The number of anilines is 3.